The van der Waals surface area contributed by atoms with Crippen LogP contribution < -0.4 is 4.74 Å². The van der Waals surface area contributed by atoms with Gasteiger partial charge >= 0.3 is 5.97 Å². The molecule has 1 N–H and O–H groups in total. The Balaban J connectivity index is 3.09. The van der Waals surface area contributed by atoms with Crippen molar-refractivity contribution in [2.45, 2.75) is 6.42 Å². The quantitative estimate of drug-likeness (QED) is 0.624. The number of carboxylic acids is 1. The molecule has 1 aromatic rings. The predicted octanol–water partition coefficient (Wildman–Crippen LogP) is 2.06. The summed E-state index contributed by atoms with van der Waals surface area (Å²) in [7, 11) is 1.49. The highest BCUT2D eigenvalue weighted by atomic mass is 32.1. The van der Waals surface area contributed by atoms with Gasteiger partial charge in [0.15, 0.2) is 0 Å². The summed E-state index contributed by atoms with van der Waals surface area (Å²) in [6, 6.07) is 4.80. The Morgan fingerprint density at radius 2 is 2.31 bits per heavy atom. The fourth-order valence-electron chi connectivity index (χ4n) is 1.15. The van der Waals surface area contributed by atoms with E-state index in [0.29, 0.717) is 23.5 Å². The smallest absolute Gasteiger partial charge is 0.337 e. The van der Waals surface area contributed by atoms with Gasteiger partial charge in [0.2, 0.25) is 0 Å². The first kappa shape index (κ1) is 12.5. The standard InChI is InChI=1S/C12H12O3S/c1-15-10-6-5-9(4-2-3-7-16)11(8-10)12(13)14/h5-6,8,16H,3,7H2,1H3,(H,13,14). The number of rotatable bonds is 3. The molecule has 1 aromatic carbocycles. The van der Waals surface area contributed by atoms with Crippen LogP contribution in [0.15, 0.2) is 18.2 Å². The zero-order chi connectivity index (χ0) is 12.0. The topological polar surface area (TPSA) is 46.5 Å². The van der Waals surface area contributed by atoms with Crippen LogP contribution in [0.3, 0.4) is 0 Å². The third-order valence-electron chi connectivity index (χ3n) is 1.92. The molecule has 0 unspecified atom stereocenters. The van der Waals surface area contributed by atoms with Crippen LogP contribution in [0.5, 0.6) is 5.75 Å². The number of ether oxygens (including phenoxy) is 1. The van der Waals surface area contributed by atoms with E-state index in [9.17, 15) is 4.79 Å². The highest BCUT2D eigenvalue weighted by molar-refractivity contribution is 7.80. The second kappa shape index (κ2) is 6.09. The van der Waals surface area contributed by atoms with Gasteiger partial charge in [0, 0.05) is 17.7 Å². The maximum atomic E-state index is 11.0. The Hall–Kier alpha value is -1.60. The van der Waals surface area contributed by atoms with Crippen molar-refractivity contribution in [3.8, 4) is 17.6 Å². The Morgan fingerprint density at radius 1 is 1.56 bits per heavy atom. The first-order valence-electron chi connectivity index (χ1n) is 4.70. The maximum Gasteiger partial charge on any atom is 0.337 e. The molecule has 0 radical (unpaired) electrons. The van der Waals surface area contributed by atoms with Crippen LogP contribution in [0.1, 0.15) is 22.3 Å². The van der Waals surface area contributed by atoms with E-state index in [2.05, 4.69) is 24.5 Å². The Bertz CT molecular complexity index is 443. The SMILES string of the molecule is COc1ccc(C#CCCS)c(C(=O)O)c1. The molecule has 84 valence electrons. The number of thiol groups is 1. The summed E-state index contributed by atoms with van der Waals surface area (Å²) in [4.78, 5) is 11.0. The summed E-state index contributed by atoms with van der Waals surface area (Å²) in [6.07, 6.45) is 0.633. The number of benzene rings is 1. The first-order valence-corrected chi connectivity index (χ1v) is 5.33. The van der Waals surface area contributed by atoms with Gasteiger partial charge in [-0.3, -0.25) is 0 Å². The Morgan fingerprint density at radius 3 is 2.88 bits per heavy atom. The van der Waals surface area contributed by atoms with Gasteiger partial charge in [-0.2, -0.15) is 12.6 Å². The van der Waals surface area contributed by atoms with Crippen molar-refractivity contribution < 1.29 is 14.6 Å². The monoisotopic (exact) mass is 236 g/mol. The molecule has 0 fully saturated rings. The Kier molecular flexibility index (Phi) is 4.74. The average molecular weight is 236 g/mol. The summed E-state index contributed by atoms with van der Waals surface area (Å²) in [6.45, 7) is 0. The van der Waals surface area contributed by atoms with Crippen LogP contribution in [-0.4, -0.2) is 23.9 Å². The molecular formula is C12H12O3S. The minimum Gasteiger partial charge on any atom is -0.497 e. The van der Waals surface area contributed by atoms with Crippen molar-refractivity contribution >= 4 is 18.6 Å². The van der Waals surface area contributed by atoms with E-state index in [1.165, 1.54) is 13.2 Å². The minimum absolute atomic E-state index is 0.158. The maximum absolute atomic E-state index is 11.0. The highest BCUT2D eigenvalue weighted by Crippen LogP contribution is 2.17. The highest BCUT2D eigenvalue weighted by Gasteiger charge is 2.09. The molecule has 0 aliphatic heterocycles. The van der Waals surface area contributed by atoms with Crippen molar-refractivity contribution in [3.63, 3.8) is 0 Å². The van der Waals surface area contributed by atoms with E-state index in [1.807, 2.05) is 0 Å². The summed E-state index contributed by atoms with van der Waals surface area (Å²) < 4.78 is 4.96. The lowest BCUT2D eigenvalue weighted by Crippen LogP contribution is -2.00. The number of methoxy groups -OCH3 is 1. The largest absolute Gasteiger partial charge is 0.497 e. The van der Waals surface area contributed by atoms with Crippen LogP contribution in [0, 0.1) is 11.8 Å². The van der Waals surface area contributed by atoms with Crippen molar-refractivity contribution in [2.75, 3.05) is 12.9 Å². The molecule has 0 saturated carbocycles. The lowest BCUT2D eigenvalue weighted by atomic mass is 10.1. The number of carbonyl (C=O) groups is 1. The summed E-state index contributed by atoms with van der Waals surface area (Å²) >= 11 is 4.03. The van der Waals surface area contributed by atoms with Gasteiger partial charge in [0.25, 0.3) is 0 Å². The van der Waals surface area contributed by atoms with E-state index in [1.54, 1.807) is 12.1 Å². The van der Waals surface area contributed by atoms with Gasteiger partial charge in [-0.15, -0.1) is 0 Å². The van der Waals surface area contributed by atoms with E-state index >= 15 is 0 Å². The lowest BCUT2D eigenvalue weighted by Gasteiger charge is -2.03. The second-order valence-electron chi connectivity index (χ2n) is 2.99. The molecule has 0 atom stereocenters. The lowest BCUT2D eigenvalue weighted by molar-refractivity contribution is 0.0696. The molecule has 0 aliphatic rings. The third-order valence-corrected chi connectivity index (χ3v) is 2.14. The predicted molar refractivity (Wildman–Crippen MR) is 65.3 cm³/mol. The van der Waals surface area contributed by atoms with E-state index in [4.69, 9.17) is 9.84 Å². The van der Waals surface area contributed by atoms with Crippen LogP contribution in [0.4, 0.5) is 0 Å². The molecule has 0 bridgehead atoms. The number of carboxylic acid groups (broad SMARTS) is 1. The van der Waals surface area contributed by atoms with Crippen LogP contribution in [0.2, 0.25) is 0 Å². The van der Waals surface area contributed by atoms with E-state index in [-0.39, 0.29) is 5.56 Å². The second-order valence-corrected chi connectivity index (χ2v) is 3.44. The van der Waals surface area contributed by atoms with Gasteiger partial charge in [-0.05, 0) is 18.2 Å². The van der Waals surface area contributed by atoms with Crippen LogP contribution in [-0.2, 0) is 0 Å². The van der Waals surface area contributed by atoms with Gasteiger partial charge < -0.3 is 9.84 Å². The molecule has 0 spiro atoms. The minimum atomic E-state index is -1.01. The van der Waals surface area contributed by atoms with Gasteiger partial charge in [-0.1, -0.05) is 11.8 Å². The van der Waals surface area contributed by atoms with Crippen molar-refractivity contribution in [1.29, 1.82) is 0 Å². The Labute approximate surface area is 99.8 Å². The van der Waals surface area contributed by atoms with Crippen molar-refractivity contribution in [2.24, 2.45) is 0 Å². The fraction of sp³-hybridized carbons (Fsp3) is 0.250. The average Bonchev–Trinajstić information content (AvgIpc) is 2.29. The van der Waals surface area contributed by atoms with Crippen LogP contribution >= 0.6 is 12.6 Å². The molecular weight excluding hydrogens is 224 g/mol. The summed E-state index contributed by atoms with van der Waals surface area (Å²) in [5.41, 5.74) is 0.654. The van der Waals surface area contributed by atoms with Crippen LogP contribution in [0.25, 0.3) is 0 Å². The summed E-state index contributed by atoms with van der Waals surface area (Å²) in [5.74, 6) is 5.83. The van der Waals surface area contributed by atoms with Crippen molar-refractivity contribution in [1.82, 2.24) is 0 Å². The molecule has 0 amide bonds. The fourth-order valence-corrected chi connectivity index (χ4v) is 1.26. The van der Waals surface area contributed by atoms with Gasteiger partial charge in [0.05, 0.1) is 12.7 Å². The molecule has 4 heteroatoms. The molecule has 0 saturated heterocycles. The van der Waals surface area contributed by atoms with E-state index in [0.717, 1.165) is 0 Å². The first-order chi connectivity index (χ1) is 7.69. The molecule has 16 heavy (non-hydrogen) atoms. The number of aromatic carboxylic acids is 1. The molecule has 1 rings (SSSR count). The molecule has 0 aliphatic carbocycles. The molecule has 0 aromatic heterocycles. The number of hydrogen-bond acceptors (Lipinski definition) is 3. The van der Waals surface area contributed by atoms with Gasteiger partial charge in [0.1, 0.15) is 5.75 Å². The van der Waals surface area contributed by atoms with Gasteiger partial charge in [-0.25, -0.2) is 4.79 Å². The zero-order valence-corrected chi connectivity index (χ0v) is 9.75. The molecule has 0 heterocycles. The number of hydrogen-bond donors (Lipinski definition) is 2. The van der Waals surface area contributed by atoms with Crippen molar-refractivity contribution in [3.05, 3.63) is 29.3 Å². The summed E-state index contributed by atoms with van der Waals surface area (Å²) in [5, 5.41) is 9.00. The molecule has 3 nitrogen and oxygen atoms in total. The third kappa shape index (κ3) is 3.21. The van der Waals surface area contributed by atoms with E-state index < -0.39 is 5.97 Å². The zero-order valence-electron chi connectivity index (χ0n) is 8.86. The normalized spacial score (nSPS) is 9.12.